The molecule has 0 atom stereocenters. The number of fused-ring (bicyclic) bond motifs is 1. The van der Waals surface area contributed by atoms with E-state index in [1.165, 1.54) is 0 Å². The Labute approximate surface area is 145 Å². The molecule has 0 aliphatic carbocycles. The third kappa shape index (κ3) is 2.55. The first-order valence-corrected chi connectivity index (χ1v) is 8.54. The van der Waals surface area contributed by atoms with Gasteiger partial charge in [-0.05, 0) is 18.2 Å². The van der Waals surface area contributed by atoms with E-state index in [0.717, 1.165) is 71.4 Å². The Morgan fingerprint density at radius 2 is 1.36 bits per heavy atom. The van der Waals surface area contributed by atoms with Gasteiger partial charge in [-0.25, -0.2) is 4.98 Å². The summed E-state index contributed by atoms with van der Waals surface area (Å²) in [6.45, 7) is 3.52. The van der Waals surface area contributed by atoms with Crippen molar-refractivity contribution >= 4 is 22.7 Å². The van der Waals surface area contributed by atoms with Gasteiger partial charge in [0, 0.05) is 29.8 Å². The predicted octanol–water partition coefficient (Wildman–Crippen LogP) is 1.93. The molecule has 0 radical (unpaired) electrons. The lowest BCUT2D eigenvalue weighted by Crippen LogP contribution is -2.19. The molecule has 0 unspecified atom stereocenters. The molecule has 0 saturated heterocycles. The molecule has 3 heterocycles. The highest BCUT2D eigenvalue weighted by Crippen LogP contribution is 2.22. The molecule has 0 spiro atoms. The van der Waals surface area contributed by atoms with Gasteiger partial charge in [0.15, 0.2) is 0 Å². The second kappa shape index (κ2) is 5.73. The summed E-state index contributed by atoms with van der Waals surface area (Å²) >= 11 is 0. The fourth-order valence-corrected chi connectivity index (χ4v) is 3.26. The molecule has 25 heavy (non-hydrogen) atoms. The molecule has 6 heteroatoms. The number of aromatic nitrogens is 2. The molecule has 0 saturated carbocycles. The fourth-order valence-electron chi connectivity index (χ4n) is 3.26. The normalized spacial score (nSPS) is 16.5. The lowest BCUT2D eigenvalue weighted by Gasteiger charge is -2.03. The molecule has 0 bridgehead atoms. The van der Waals surface area contributed by atoms with Crippen LogP contribution in [0.25, 0.3) is 22.4 Å². The molecule has 0 amide bonds. The topological polar surface area (TPSA) is 77.5 Å². The van der Waals surface area contributed by atoms with Crippen molar-refractivity contribution in [2.45, 2.75) is 0 Å². The minimum atomic E-state index is 0.841. The summed E-state index contributed by atoms with van der Waals surface area (Å²) in [5.74, 6) is 2.82. The van der Waals surface area contributed by atoms with Crippen LogP contribution in [0.2, 0.25) is 0 Å². The number of aromatic amines is 1. The van der Waals surface area contributed by atoms with Crippen LogP contribution in [-0.4, -0.2) is 47.8 Å². The Hall–Kier alpha value is -3.15. The molecule has 124 valence electrons. The summed E-state index contributed by atoms with van der Waals surface area (Å²) in [5.41, 5.74) is 5.26. The number of aliphatic imine (C=N–C) groups is 2. The SMILES string of the molecule is c1cc(-c2nc3ccc(C4=NCCN4)cc3[nH]2)ccc1C1=NCCN1. The van der Waals surface area contributed by atoms with Crippen molar-refractivity contribution in [2.24, 2.45) is 9.98 Å². The predicted molar refractivity (Wildman–Crippen MR) is 100 cm³/mol. The first-order chi connectivity index (χ1) is 12.4. The number of nitrogens with one attached hydrogen (secondary N) is 3. The first-order valence-electron chi connectivity index (χ1n) is 8.54. The highest BCUT2D eigenvalue weighted by Gasteiger charge is 2.12. The monoisotopic (exact) mass is 330 g/mol. The van der Waals surface area contributed by atoms with Crippen LogP contribution in [0.15, 0.2) is 52.4 Å². The number of hydrogen-bond donors (Lipinski definition) is 3. The molecule has 1 aromatic heterocycles. The number of nitrogens with zero attached hydrogens (tertiary/aromatic N) is 3. The average molecular weight is 330 g/mol. The van der Waals surface area contributed by atoms with Crippen molar-refractivity contribution in [3.05, 3.63) is 53.6 Å². The fraction of sp³-hybridized carbons (Fsp3) is 0.211. The van der Waals surface area contributed by atoms with Crippen molar-refractivity contribution in [1.29, 1.82) is 0 Å². The molecule has 2 aliphatic rings. The van der Waals surface area contributed by atoms with Crippen molar-refractivity contribution in [3.63, 3.8) is 0 Å². The van der Waals surface area contributed by atoms with Gasteiger partial charge in [0.05, 0.1) is 24.1 Å². The minimum Gasteiger partial charge on any atom is -0.368 e. The Kier molecular flexibility index (Phi) is 3.26. The van der Waals surface area contributed by atoms with Crippen LogP contribution in [-0.2, 0) is 0 Å². The van der Waals surface area contributed by atoms with Crippen LogP contribution in [0, 0.1) is 0 Å². The largest absolute Gasteiger partial charge is 0.368 e. The molecule has 0 fully saturated rings. The lowest BCUT2D eigenvalue weighted by molar-refractivity contribution is 0.960. The van der Waals surface area contributed by atoms with Gasteiger partial charge in [-0.1, -0.05) is 24.3 Å². The Morgan fingerprint density at radius 3 is 2.04 bits per heavy atom. The zero-order chi connectivity index (χ0) is 16.6. The van der Waals surface area contributed by atoms with E-state index in [9.17, 15) is 0 Å². The van der Waals surface area contributed by atoms with E-state index in [-0.39, 0.29) is 0 Å². The maximum Gasteiger partial charge on any atom is 0.138 e. The maximum absolute atomic E-state index is 4.72. The van der Waals surface area contributed by atoms with Gasteiger partial charge in [-0.3, -0.25) is 9.98 Å². The standard InChI is InChI=1S/C19H18N6/c1-3-13(4-2-12(1)17-20-7-8-21-17)19-24-15-6-5-14(11-16(15)25-19)18-22-9-10-23-18/h1-6,11H,7-10H2,(H,20,21)(H,22,23)(H,24,25). The number of hydrogen-bond acceptors (Lipinski definition) is 5. The summed E-state index contributed by atoms with van der Waals surface area (Å²) in [4.78, 5) is 17.1. The van der Waals surface area contributed by atoms with Crippen LogP contribution in [0.5, 0.6) is 0 Å². The number of rotatable bonds is 3. The quantitative estimate of drug-likeness (QED) is 0.687. The van der Waals surface area contributed by atoms with Crippen molar-refractivity contribution in [1.82, 2.24) is 20.6 Å². The zero-order valence-corrected chi connectivity index (χ0v) is 13.7. The van der Waals surface area contributed by atoms with Gasteiger partial charge in [-0.2, -0.15) is 0 Å². The minimum absolute atomic E-state index is 0.841. The van der Waals surface area contributed by atoms with E-state index in [1.54, 1.807) is 0 Å². The highest BCUT2D eigenvalue weighted by molar-refractivity contribution is 6.02. The second-order valence-electron chi connectivity index (χ2n) is 6.21. The van der Waals surface area contributed by atoms with Gasteiger partial charge < -0.3 is 15.6 Å². The first kappa shape index (κ1) is 14.2. The maximum atomic E-state index is 4.72. The van der Waals surface area contributed by atoms with Crippen LogP contribution >= 0.6 is 0 Å². The van der Waals surface area contributed by atoms with Crippen molar-refractivity contribution in [2.75, 3.05) is 26.2 Å². The van der Waals surface area contributed by atoms with E-state index in [1.807, 2.05) is 6.07 Å². The number of amidine groups is 2. The summed E-state index contributed by atoms with van der Waals surface area (Å²) in [5, 5.41) is 6.60. The van der Waals surface area contributed by atoms with Crippen LogP contribution in [0.3, 0.4) is 0 Å². The van der Waals surface area contributed by atoms with Crippen LogP contribution in [0.1, 0.15) is 11.1 Å². The lowest BCUT2D eigenvalue weighted by atomic mass is 10.1. The van der Waals surface area contributed by atoms with Gasteiger partial charge in [-0.15, -0.1) is 0 Å². The Morgan fingerprint density at radius 1 is 0.720 bits per heavy atom. The molecule has 2 aliphatic heterocycles. The van der Waals surface area contributed by atoms with Gasteiger partial charge in [0.2, 0.25) is 0 Å². The van der Waals surface area contributed by atoms with Crippen LogP contribution in [0.4, 0.5) is 0 Å². The third-order valence-electron chi connectivity index (χ3n) is 4.54. The van der Waals surface area contributed by atoms with E-state index in [2.05, 4.69) is 62.0 Å². The van der Waals surface area contributed by atoms with E-state index in [0.29, 0.717) is 0 Å². The third-order valence-corrected chi connectivity index (χ3v) is 4.54. The summed E-state index contributed by atoms with van der Waals surface area (Å²) in [6.07, 6.45) is 0. The van der Waals surface area contributed by atoms with Gasteiger partial charge in [0.1, 0.15) is 17.5 Å². The average Bonchev–Trinajstić information content (AvgIpc) is 3.42. The van der Waals surface area contributed by atoms with E-state index in [4.69, 9.17) is 4.98 Å². The van der Waals surface area contributed by atoms with Gasteiger partial charge >= 0.3 is 0 Å². The molecular formula is C19H18N6. The van der Waals surface area contributed by atoms with E-state index >= 15 is 0 Å². The number of H-pyrrole nitrogens is 1. The Balaban J connectivity index is 1.48. The second-order valence-corrected chi connectivity index (χ2v) is 6.21. The summed E-state index contributed by atoms with van der Waals surface area (Å²) in [6, 6.07) is 14.5. The van der Waals surface area contributed by atoms with E-state index < -0.39 is 0 Å². The molecule has 3 aromatic rings. The van der Waals surface area contributed by atoms with Gasteiger partial charge in [0.25, 0.3) is 0 Å². The van der Waals surface area contributed by atoms with Crippen LogP contribution < -0.4 is 10.6 Å². The Bertz CT molecular complexity index is 996. The van der Waals surface area contributed by atoms with Crippen molar-refractivity contribution < 1.29 is 0 Å². The number of benzene rings is 2. The molecule has 6 nitrogen and oxygen atoms in total. The smallest absolute Gasteiger partial charge is 0.138 e. The molecular weight excluding hydrogens is 312 g/mol. The molecule has 2 aromatic carbocycles. The molecule has 5 rings (SSSR count). The highest BCUT2D eigenvalue weighted by atomic mass is 15.1. The zero-order valence-electron chi connectivity index (χ0n) is 13.7. The summed E-state index contributed by atoms with van der Waals surface area (Å²) in [7, 11) is 0. The summed E-state index contributed by atoms with van der Waals surface area (Å²) < 4.78 is 0. The van der Waals surface area contributed by atoms with Crippen molar-refractivity contribution in [3.8, 4) is 11.4 Å². The number of imidazole rings is 1. The molecule has 3 N–H and O–H groups in total.